The number of hydrogen-bond donors (Lipinski definition) is 2. The van der Waals surface area contributed by atoms with E-state index in [1.54, 1.807) is 6.08 Å². The van der Waals surface area contributed by atoms with E-state index in [2.05, 4.69) is 6.58 Å². The van der Waals surface area contributed by atoms with Crippen LogP contribution in [-0.4, -0.2) is 10.2 Å². The molecule has 0 bridgehead atoms. The molecule has 0 saturated heterocycles. The second kappa shape index (κ2) is 3.73. The first-order valence-electron chi connectivity index (χ1n) is 4.71. The summed E-state index contributed by atoms with van der Waals surface area (Å²) >= 11 is 0. The molecule has 0 saturated carbocycles. The minimum absolute atomic E-state index is 0.244. The first kappa shape index (κ1) is 10.3. The van der Waals surface area contributed by atoms with Crippen LogP contribution in [0.15, 0.2) is 40.1 Å². The van der Waals surface area contributed by atoms with Crippen molar-refractivity contribution in [1.82, 2.24) is 0 Å². The van der Waals surface area contributed by atoms with Crippen LogP contribution in [0.2, 0.25) is 0 Å². The summed E-state index contributed by atoms with van der Waals surface area (Å²) in [5.74, 6) is -0.557. The van der Waals surface area contributed by atoms with Crippen molar-refractivity contribution in [2.45, 2.75) is 6.42 Å². The summed E-state index contributed by atoms with van der Waals surface area (Å²) in [5, 5.41) is 19.3. The molecule has 1 aromatic heterocycles. The maximum atomic E-state index is 11.2. The Labute approximate surface area is 91.1 Å². The van der Waals surface area contributed by atoms with Gasteiger partial charge in [0, 0.05) is 17.5 Å². The molecular weight excluding hydrogens is 208 g/mol. The first-order chi connectivity index (χ1) is 7.61. The molecule has 0 aliphatic heterocycles. The largest absolute Gasteiger partial charge is 0.504 e. The highest BCUT2D eigenvalue weighted by atomic mass is 16.4. The van der Waals surface area contributed by atoms with Crippen molar-refractivity contribution in [3.63, 3.8) is 0 Å². The quantitative estimate of drug-likeness (QED) is 0.459. The van der Waals surface area contributed by atoms with Gasteiger partial charge in [0.1, 0.15) is 5.58 Å². The first-order valence-corrected chi connectivity index (χ1v) is 4.71. The molecule has 2 N–H and O–H groups in total. The van der Waals surface area contributed by atoms with Crippen LogP contribution < -0.4 is 5.63 Å². The number of phenolic OH excluding ortho intramolecular Hbond substituents is 2. The van der Waals surface area contributed by atoms with Crippen LogP contribution >= 0.6 is 0 Å². The molecule has 0 aliphatic carbocycles. The summed E-state index contributed by atoms with van der Waals surface area (Å²) in [6.45, 7) is 3.59. The molecule has 0 radical (unpaired) electrons. The molecule has 0 unspecified atom stereocenters. The maximum absolute atomic E-state index is 11.2. The van der Waals surface area contributed by atoms with Crippen LogP contribution in [0.1, 0.15) is 5.56 Å². The van der Waals surface area contributed by atoms with Gasteiger partial charge in [-0.3, -0.25) is 0 Å². The highest BCUT2D eigenvalue weighted by Crippen LogP contribution is 2.31. The Balaban J connectivity index is 2.84. The molecule has 0 atom stereocenters. The second-order valence-electron chi connectivity index (χ2n) is 3.42. The molecule has 16 heavy (non-hydrogen) atoms. The van der Waals surface area contributed by atoms with E-state index in [4.69, 9.17) is 4.42 Å². The molecule has 1 aromatic carbocycles. The lowest BCUT2D eigenvalue weighted by atomic mass is 10.1. The second-order valence-corrected chi connectivity index (χ2v) is 3.42. The van der Waals surface area contributed by atoms with Gasteiger partial charge in [-0.15, -0.1) is 6.58 Å². The van der Waals surface area contributed by atoms with Crippen molar-refractivity contribution in [3.8, 4) is 11.5 Å². The van der Waals surface area contributed by atoms with E-state index in [9.17, 15) is 15.0 Å². The number of benzene rings is 1. The summed E-state index contributed by atoms with van der Waals surface area (Å²) in [7, 11) is 0. The van der Waals surface area contributed by atoms with Crippen molar-refractivity contribution in [3.05, 3.63) is 46.8 Å². The number of hydrogen-bond acceptors (Lipinski definition) is 4. The van der Waals surface area contributed by atoms with Gasteiger partial charge in [-0.2, -0.15) is 0 Å². The fourth-order valence-electron chi connectivity index (χ4n) is 1.58. The molecule has 0 aliphatic rings. The number of fused-ring (bicyclic) bond motifs is 1. The van der Waals surface area contributed by atoms with Crippen LogP contribution in [0.25, 0.3) is 11.0 Å². The Kier molecular flexibility index (Phi) is 2.40. The fourth-order valence-corrected chi connectivity index (χ4v) is 1.58. The Hall–Kier alpha value is -2.23. The third-order valence-electron chi connectivity index (χ3n) is 2.29. The average Bonchev–Trinajstić information content (AvgIpc) is 2.21. The third-order valence-corrected chi connectivity index (χ3v) is 2.29. The summed E-state index contributed by atoms with van der Waals surface area (Å²) in [4.78, 5) is 11.2. The van der Waals surface area contributed by atoms with Crippen LogP contribution in [-0.2, 0) is 6.42 Å². The summed E-state index contributed by atoms with van der Waals surface area (Å²) in [5.41, 5.74) is 0.464. The number of rotatable bonds is 2. The van der Waals surface area contributed by atoms with E-state index in [0.717, 1.165) is 0 Å². The molecular formula is C12H10O4. The highest BCUT2D eigenvalue weighted by molar-refractivity contribution is 5.83. The minimum Gasteiger partial charge on any atom is -0.504 e. The van der Waals surface area contributed by atoms with Gasteiger partial charge in [-0.05, 0) is 18.1 Å². The Morgan fingerprint density at radius 1 is 1.25 bits per heavy atom. The maximum Gasteiger partial charge on any atom is 0.336 e. The average molecular weight is 218 g/mol. The van der Waals surface area contributed by atoms with Gasteiger partial charge in [0.15, 0.2) is 11.5 Å². The molecule has 4 heteroatoms. The summed E-state index contributed by atoms with van der Waals surface area (Å²) in [6.07, 6.45) is 2.14. The standard InChI is InChI=1S/C12H10O4/c1-2-3-7-4-12(15)16-11-6-10(14)9(13)5-8(7)11/h2,4-6,13-14H,1,3H2. The normalized spacial score (nSPS) is 10.5. The lowest BCUT2D eigenvalue weighted by Crippen LogP contribution is -1.99. The van der Waals surface area contributed by atoms with E-state index >= 15 is 0 Å². The van der Waals surface area contributed by atoms with Gasteiger partial charge in [0.25, 0.3) is 0 Å². The van der Waals surface area contributed by atoms with E-state index in [1.165, 1.54) is 18.2 Å². The van der Waals surface area contributed by atoms with Crippen LogP contribution in [0, 0.1) is 0 Å². The lowest BCUT2D eigenvalue weighted by molar-refractivity contribution is 0.403. The van der Waals surface area contributed by atoms with Gasteiger partial charge >= 0.3 is 5.63 Å². The van der Waals surface area contributed by atoms with E-state index < -0.39 is 5.63 Å². The number of phenols is 2. The van der Waals surface area contributed by atoms with Crippen LogP contribution in [0.4, 0.5) is 0 Å². The zero-order valence-electron chi connectivity index (χ0n) is 8.43. The van der Waals surface area contributed by atoms with E-state index in [0.29, 0.717) is 17.4 Å². The molecule has 0 amide bonds. The zero-order valence-corrected chi connectivity index (χ0v) is 8.43. The van der Waals surface area contributed by atoms with Crippen molar-refractivity contribution in [1.29, 1.82) is 0 Å². The molecule has 0 spiro atoms. The zero-order chi connectivity index (χ0) is 11.7. The van der Waals surface area contributed by atoms with Gasteiger partial charge in [0.05, 0.1) is 0 Å². The molecule has 2 rings (SSSR count). The van der Waals surface area contributed by atoms with Crippen molar-refractivity contribution in [2.75, 3.05) is 0 Å². The predicted molar refractivity (Wildman–Crippen MR) is 59.7 cm³/mol. The molecule has 0 fully saturated rings. The van der Waals surface area contributed by atoms with Crippen LogP contribution in [0.3, 0.4) is 0 Å². The van der Waals surface area contributed by atoms with E-state index in [1.807, 2.05) is 0 Å². The third kappa shape index (κ3) is 1.65. The monoisotopic (exact) mass is 218 g/mol. The van der Waals surface area contributed by atoms with Gasteiger partial charge in [0.2, 0.25) is 0 Å². The van der Waals surface area contributed by atoms with Crippen molar-refractivity contribution in [2.24, 2.45) is 0 Å². The van der Waals surface area contributed by atoms with Crippen LogP contribution in [0.5, 0.6) is 11.5 Å². The Bertz CT molecular complexity index is 610. The molecule has 82 valence electrons. The van der Waals surface area contributed by atoms with Crippen molar-refractivity contribution < 1.29 is 14.6 Å². The molecule has 4 nitrogen and oxygen atoms in total. The molecule has 2 aromatic rings. The number of aromatic hydroxyl groups is 2. The highest BCUT2D eigenvalue weighted by Gasteiger charge is 2.08. The minimum atomic E-state index is -0.491. The summed E-state index contributed by atoms with van der Waals surface area (Å²) in [6, 6.07) is 3.94. The number of allylic oxidation sites excluding steroid dienone is 1. The summed E-state index contributed by atoms with van der Waals surface area (Å²) < 4.78 is 4.92. The Morgan fingerprint density at radius 3 is 2.62 bits per heavy atom. The predicted octanol–water partition coefficient (Wildman–Crippen LogP) is 1.93. The van der Waals surface area contributed by atoms with Gasteiger partial charge in [-0.1, -0.05) is 6.08 Å². The SMILES string of the molecule is C=CCc1cc(=O)oc2cc(O)c(O)cc12. The topological polar surface area (TPSA) is 70.7 Å². The lowest BCUT2D eigenvalue weighted by Gasteiger charge is -2.04. The fraction of sp³-hybridized carbons (Fsp3) is 0.0833. The van der Waals surface area contributed by atoms with Gasteiger partial charge < -0.3 is 14.6 Å². The Morgan fingerprint density at radius 2 is 1.94 bits per heavy atom. The smallest absolute Gasteiger partial charge is 0.336 e. The van der Waals surface area contributed by atoms with E-state index in [-0.39, 0.29) is 17.1 Å². The van der Waals surface area contributed by atoms with Gasteiger partial charge in [-0.25, -0.2) is 4.79 Å². The molecule has 1 heterocycles. The van der Waals surface area contributed by atoms with Crippen molar-refractivity contribution >= 4 is 11.0 Å².